The summed E-state index contributed by atoms with van der Waals surface area (Å²) >= 11 is 1.71. The summed E-state index contributed by atoms with van der Waals surface area (Å²) in [7, 11) is 3.26. The topological polar surface area (TPSA) is 96.8 Å². The number of rotatable bonds is 12. The zero-order chi connectivity index (χ0) is 25.3. The first-order chi connectivity index (χ1) is 17.6. The molecule has 8 nitrogen and oxygen atoms in total. The third kappa shape index (κ3) is 6.73. The Morgan fingerprint density at radius 3 is 2.86 bits per heavy atom. The van der Waals surface area contributed by atoms with Gasteiger partial charge in [-0.25, -0.2) is 4.98 Å². The van der Waals surface area contributed by atoms with Gasteiger partial charge in [-0.15, -0.1) is 11.8 Å². The van der Waals surface area contributed by atoms with E-state index in [0.29, 0.717) is 6.54 Å². The fourth-order valence-electron chi connectivity index (χ4n) is 4.99. The number of piperidine rings is 1. The number of carboxylic acids is 1. The molecular formula is C27H34N4O4S. The Balaban J connectivity index is 1.39. The van der Waals surface area contributed by atoms with E-state index in [1.54, 1.807) is 38.4 Å². The van der Waals surface area contributed by atoms with Gasteiger partial charge in [-0.1, -0.05) is 6.07 Å². The number of methoxy groups -OCH3 is 1. The molecule has 36 heavy (non-hydrogen) atoms. The number of thioether (sulfide) groups is 1. The van der Waals surface area contributed by atoms with Crippen LogP contribution in [0.2, 0.25) is 0 Å². The van der Waals surface area contributed by atoms with E-state index in [0.717, 1.165) is 65.3 Å². The number of hydrogen-bond donors (Lipinski definition) is 2. The molecule has 3 heterocycles. The first kappa shape index (κ1) is 26.3. The van der Waals surface area contributed by atoms with Crippen LogP contribution in [0.4, 0.5) is 0 Å². The van der Waals surface area contributed by atoms with Crippen LogP contribution in [0.3, 0.4) is 0 Å². The van der Waals surface area contributed by atoms with Crippen LogP contribution in [0, 0.1) is 11.8 Å². The van der Waals surface area contributed by atoms with Crippen molar-refractivity contribution in [3.8, 4) is 5.75 Å². The minimum absolute atomic E-state index is 0.0881. The molecule has 1 fully saturated rings. The standard InChI is InChI=1S/C27H34N4O4S/c1-34-20-7-9-24-22(17-20)21(10-13-28-24)25(30-35-2)8-6-19-11-14-31(18-23(19)27(32)33)15-16-36-26-5-3-4-12-29-26/h3-5,7,9-10,12-13,17,19,23,25,30H,6,8,11,14-16,18H2,1-2H3,(H,32,33)/t19-,23+,25-/m1/s1. The fourth-order valence-corrected chi connectivity index (χ4v) is 5.86. The van der Waals surface area contributed by atoms with Crippen LogP contribution in [0.1, 0.15) is 30.9 Å². The first-order valence-electron chi connectivity index (χ1n) is 12.3. The Morgan fingerprint density at radius 1 is 1.22 bits per heavy atom. The molecule has 9 heteroatoms. The third-order valence-electron chi connectivity index (χ3n) is 6.90. The molecule has 0 amide bonds. The molecule has 1 aromatic carbocycles. The second-order valence-electron chi connectivity index (χ2n) is 9.05. The summed E-state index contributed by atoms with van der Waals surface area (Å²) in [6, 6.07) is 13.6. The number of ether oxygens (including phenoxy) is 1. The van der Waals surface area contributed by atoms with Gasteiger partial charge in [0.15, 0.2) is 0 Å². The molecular weight excluding hydrogens is 476 g/mol. The Kier molecular flexibility index (Phi) is 9.52. The van der Waals surface area contributed by atoms with Gasteiger partial charge in [0.05, 0.1) is 36.7 Å². The summed E-state index contributed by atoms with van der Waals surface area (Å²) in [5.41, 5.74) is 5.08. The van der Waals surface area contributed by atoms with E-state index in [1.807, 2.05) is 42.5 Å². The highest BCUT2D eigenvalue weighted by Crippen LogP contribution is 2.34. The molecule has 3 atom stereocenters. The maximum Gasteiger partial charge on any atom is 0.308 e. The molecule has 3 aromatic rings. The molecule has 0 aliphatic carbocycles. The number of carbonyl (C=O) groups is 1. The van der Waals surface area contributed by atoms with Crippen LogP contribution >= 0.6 is 11.8 Å². The van der Waals surface area contributed by atoms with Gasteiger partial charge in [0.2, 0.25) is 0 Å². The van der Waals surface area contributed by atoms with E-state index in [-0.39, 0.29) is 17.9 Å². The zero-order valence-electron chi connectivity index (χ0n) is 20.8. The van der Waals surface area contributed by atoms with E-state index in [2.05, 4.69) is 20.3 Å². The van der Waals surface area contributed by atoms with E-state index >= 15 is 0 Å². The lowest BCUT2D eigenvalue weighted by Gasteiger charge is -2.37. The second kappa shape index (κ2) is 13.0. The average Bonchev–Trinajstić information content (AvgIpc) is 2.91. The van der Waals surface area contributed by atoms with Gasteiger partial charge < -0.3 is 19.6 Å². The maximum absolute atomic E-state index is 12.2. The van der Waals surface area contributed by atoms with Crippen molar-refractivity contribution >= 4 is 28.6 Å². The van der Waals surface area contributed by atoms with E-state index in [9.17, 15) is 9.90 Å². The van der Waals surface area contributed by atoms with Crippen LogP contribution in [-0.2, 0) is 9.63 Å². The van der Waals surface area contributed by atoms with E-state index in [4.69, 9.17) is 9.57 Å². The van der Waals surface area contributed by atoms with Gasteiger partial charge in [0.1, 0.15) is 5.75 Å². The minimum Gasteiger partial charge on any atom is -0.497 e. The highest BCUT2D eigenvalue weighted by molar-refractivity contribution is 7.99. The molecule has 0 bridgehead atoms. The molecule has 0 spiro atoms. The molecule has 2 N–H and O–H groups in total. The Morgan fingerprint density at radius 2 is 2.11 bits per heavy atom. The number of nitrogens with zero attached hydrogens (tertiary/aromatic N) is 3. The molecule has 1 aliphatic rings. The minimum atomic E-state index is -0.711. The third-order valence-corrected chi connectivity index (χ3v) is 7.82. The summed E-state index contributed by atoms with van der Waals surface area (Å²) in [6.07, 6.45) is 6.02. The van der Waals surface area contributed by atoms with Crippen LogP contribution in [-0.4, -0.2) is 65.6 Å². The van der Waals surface area contributed by atoms with Crippen molar-refractivity contribution in [1.82, 2.24) is 20.3 Å². The SMILES string of the molecule is CON[C@H](CC[C@@H]1CCN(CCSc2ccccn2)C[C@@H]1C(=O)O)c1ccnc2ccc(OC)cc12. The number of hydrogen-bond acceptors (Lipinski definition) is 8. The van der Waals surface area contributed by atoms with Gasteiger partial charge in [0.25, 0.3) is 0 Å². The molecule has 2 aromatic heterocycles. The summed E-state index contributed by atoms with van der Waals surface area (Å²) in [6.45, 7) is 2.35. The smallest absolute Gasteiger partial charge is 0.308 e. The number of aromatic nitrogens is 2. The van der Waals surface area contributed by atoms with Crippen LogP contribution in [0.25, 0.3) is 10.9 Å². The summed E-state index contributed by atoms with van der Waals surface area (Å²) in [5, 5.41) is 12.0. The first-order valence-corrected chi connectivity index (χ1v) is 13.3. The normalized spacial score (nSPS) is 19.3. The van der Waals surface area contributed by atoms with Gasteiger partial charge in [0, 0.05) is 36.6 Å². The molecule has 0 radical (unpaired) electrons. The van der Waals surface area contributed by atoms with Crippen molar-refractivity contribution in [3.63, 3.8) is 0 Å². The second-order valence-corrected chi connectivity index (χ2v) is 10.2. The summed E-state index contributed by atoms with van der Waals surface area (Å²) in [4.78, 5) is 28.6. The average molecular weight is 511 g/mol. The fraction of sp³-hybridized carbons (Fsp3) is 0.444. The largest absolute Gasteiger partial charge is 0.497 e. The number of fused-ring (bicyclic) bond motifs is 1. The summed E-state index contributed by atoms with van der Waals surface area (Å²) < 4.78 is 5.42. The van der Waals surface area contributed by atoms with Gasteiger partial charge >= 0.3 is 5.97 Å². The molecule has 192 valence electrons. The molecule has 0 saturated carbocycles. The number of nitrogens with one attached hydrogen (secondary N) is 1. The van der Waals surface area contributed by atoms with Crippen molar-refractivity contribution in [1.29, 1.82) is 0 Å². The van der Waals surface area contributed by atoms with Crippen molar-refractivity contribution in [3.05, 3.63) is 60.4 Å². The highest BCUT2D eigenvalue weighted by Gasteiger charge is 2.34. The maximum atomic E-state index is 12.2. The van der Waals surface area contributed by atoms with E-state index in [1.165, 1.54) is 0 Å². The number of pyridine rings is 2. The zero-order valence-corrected chi connectivity index (χ0v) is 21.6. The van der Waals surface area contributed by atoms with Crippen molar-refractivity contribution in [2.45, 2.75) is 30.3 Å². The molecule has 0 unspecified atom stereocenters. The van der Waals surface area contributed by atoms with Crippen molar-refractivity contribution in [2.24, 2.45) is 11.8 Å². The molecule has 4 rings (SSSR count). The molecule has 1 aliphatic heterocycles. The Hall–Kier alpha value is -2.72. The lowest BCUT2D eigenvalue weighted by Crippen LogP contribution is -2.44. The number of hydroxylamine groups is 1. The van der Waals surface area contributed by atoms with Crippen molar-refractivity contribution in [2.75, 3.05) is 39.6 Å². The number of carboxylic acid groups (broad SMARTS) is 1. The van der Waals surface area contributed by atoms with Gasteiger partial charge in [-0.05, 0) is 73.7 Å². The Labute approximate surface area is 216 Å². The summed E-state index contributed by atoms with van der Waals surface area (Å²) in [5.74, 6) is 0.693. The van der Waals surface area contributed by atoms with E-state index < -0.39 is 5.97 Å². The lowest BCUT2D eigenvalue weighted by atomic mass is 9.81. The number of aliphatic carboxylic acids is 1. The van der Waals surface area contributed by atoms with Gasteiger partial charge in [-0.3, -0.25) is 9.78 Å². The lowest BCUT2D eigenvalue weighted by molar-refractivity contribution is -0.146. The number of benzene rings is 1. The van der Waals surface area contributed by atoms with Crippen molar-refractivity contribution < 1.29 is 19.5 Å². The van der Waals surface area contributed by atoms with Crippen LogP contribution in [0.15, 0.2) is 59.9 Å². The molecule has 1 saturated heterocycles. The predicted octanol–water partition coefficient (Wildman–Crippen LogP) is 4.43. The van der Waals surface area contributed by atoms with Gasteiger partial charge in [-0.2, -0.15) is 5.48 Å². The Bertz CT molecular complexity index is 1130. The highest BCUT2D eigenvalue weighted by atomic mass is 32.2. The quantitative estimate of drug-likeness (QED) is 0.271. The predicted molar refractivity (Wildman–Crippen MR) is 141 cm³/mol. The monoisotopic (exact) mass is 510 g/mol. The van der Waals surface area contributed by atoms with Crippen LogP contribution in [0.5, 0.6) is 5.75 Å². The van der Waals surface area contributed by atoms with Crippen LogP contribution < -0.4 is 10.2 Å². The number of likely N-dealkylation sites (tertiary alicyclic amines) is 1.